The van der Waals surface area contributed by atoms with Crippen LogP contribution in [0.4, 0.5) is 0 Å². The van der Waals surface area contributed by atoms with Gasteiger partial charge in [0.25, 0.3) is 5.91 Å². The number of aryl methyl sites for hydroxylation is 2. The molecular formula is C18H21N5O. The molecule has 1 amide bonds. The van der Waals surface area contributed by atoms with E-state index in [0.29, 0.717) is 5.69 Å². The summed E-state index contributed by atoms with van der Waals surface area (Å²) in [7, 11) is 1.95. The number of nitrogens with one attached hydrogen (secondary N) is 1. The Balaban J connectivity index is 1.74. The number of rotatable bonds is 2. The van der Waals surface area contributed by atoms with Crippen LogP contribution in [0.25, 0.3) is 10.9 Å². The van der Waals surface area contributed by atoms with Gasteiger partial charge in [-0.3, -0.25) is 14.6 Å². The molecule has 0 radical (unpaired) electrons. The number of amides is 1. The van der Waals surface area contributed by atoms with Gasteiger partial charge in [-0.1, -0.05) is 18.2 Å². The molecule has 2 aromatic heterocycles. The summed E-state index contributed by atoms with van der Waals surface area (Å²) < 4.78 is 1.90. The van der Waals surface area contributed by atoms with E-state index in [1.165, 1.54) is 5.56 Å². The van der Waals surface area contributed by atoms with Gasteiger partial charge in [0.15, 0.2) is 5.69 Å². The maximum Gasteiger partial charge on any atom is 0.275 e. The predicted molar refractivity (Wildman–Crippen MR) is 91.8 cm³/mol. The number of aromatic nitrogens is 4. The van der Waals surface area contributed by atoms with Crippen molar-refractivity contribution in [3.8, 4) is 0 Å². The minimum atomic E-state index is -0.00222. The Morgan fingerprint density at radius 1 is 1.29 bits per heavy atom. The smallest absolute Gasteiger partial charge is 0.275 e. The largest absolute Gasteiger partial charge is 0.330 e. The summed E-state index contributed by atoms with van der Waals surface area (Å²) in [6, 6.07) is 7.84. The van der Waals surface area contributed by atoms with Gasteiger partial charge in [0, 0.05) is 30.2 Å². The van der Waals surface area contributed by atoms with E-state index >= 15 is 0 Å². The molecule has 4 rings (SSSR count). The van der Waals surface area contributed by atoms with Gasteiger partial charge in [-0.2, -0.15) is 10.2 Å². The number of para-hydroxylation sites is 1. The average molecular weight is 323 g/mol. The summed E-state index contributed by atoms with van der Waals surface area (Å²) >= 11 is 0. The van der Waals surface area contributed by atoms with Gasteiger partial charge >= 0.3 is 0 Å². The number of fused-ring (bicyclic) bond motifs is 1. The maximum absolute atomic E-state index is 13.2. The van der Waals surface area contributed by atoms with Crippen LogP contribution >= 0.6 is 0 Å². The fourth-order valence-electron chi connectivity index (χ4n) is 3.84. The van der Waals surface area contributed by atoms with Crippen LogP contribution in [0.2, 0.25) is 0 Å². The van der Waals surface area contributed by atoms with Gasteiger partial charge < -0.3 is 4.90 Å². The van der Waals surface area contributed by atoms with Crippen molar-refractivity contribution >= 4 is 16.8 Å². The summed E-state index contributed by atoms with van der Waals surface area (Å²) in [6.45, 7) is 4.85. The van der Waals surface area contributed by atoms with Gasteiger partial charge in [0.1, 0.15) is 0 Å². The minimum Gasteiger partial charge on any atom is -0.330 e. The summed E-state index contributed by atoms with van der Waals surface area (Å²) in [4.78, 5) is 15.1. The zero-order valence-corrected chi connectivity index (χ0v) is 14.2. The van der Waals surface area contributed by atoms with E-state index in [0.717, 1.165) is 41.7 Å². The molecule has 1 aromatic carbocycles. The summed E-state index contributed by atoms with van der Waals surface area (Å²) in [5.41, 5.74) is 4.72. The highest BCUT2D eigenvalue weighted by molar-refractivity contribution is 6.04. The van der Waals surface area contributed by atoms with Crippen LogP contribution in [-0.2, 0) is 7.05 Å². The van der Waals surface area contributed by atoms with Crippen molar-refractivity contribution in [1.29, 1.82) is 0 Å². The number of hydrogen-bond donors (Lipinski definition) is 1. The van der Waals surface area contributed by atoms with E-state index in [9.17, 15) is 4.79 Å². The SMILES string of the molecule is Cc1nn(C)c(C)c1[C@H]1CCCN1C(=O)c1n[nH]c2ccccc12. The average Bonchev–Trinajstić information content (AvgIpc) is 3.26. The second-order valence-corrected chi connectivity index (χ2v) is 6.48. The van der Waals surface area contributed by atoms with Crippen molar-refractivity contribution in [2.24, 2.45) is 7.05 Å². The van der Waals surface area contributed by atoms with Gasteiger partial charge in [0.2, 0.25) is 0 Å². The van der Waals surface area contributed by atoms with Gasteiger partial charge in [-0.25, -0.2) is 0 Å². The highest BCUT2D eigenvalue weighted by Crippen LogP contribution is 2.36. The van der Waals surface area contributed by atoms with E-state index in [1.54, 1.807) is 0 Å². The molecule has 1 atom stereocenters. The summed E-state index contributed by atoms with van der Waals surface area (Å²) in [5.74, 6) is -0.00222. The molecule has 0 saturated carbocycles. The van der Waals surface area contributed by atoms with E-state index < -0.39 is 0 Å². The molecule has 124 valence electrons. The second-order valence-electron chi connectivity index (χ2n) is 6.48. The number of nitrogens with zero attached hydrogens (tertiary/aromatic N) is 4. The van der Waals surface area contributed by atoms with Gasteiger partial charge in [-0.05, 0) is 32.8 Å². The van der Waals surface area contributed by atoms with Gasteiger partial charge in [0.05, 0.1) is 17.3 Å². The highest BCUT2D eigenvalue weighted by Gasteiger charge is 2.35. The zero-order chi connectivity index (χ0) is 16.8. The highest BCUT2D eigenvalue weighted by atomic mass is 16.2. The first-order valence-corrected chi connectivity index (χ1v) is 8.32. The number of H-pyrrole nitrogens is 1. The maximum atomic E-state index is 13.2. The molecule has 6 heteroatoms. The Kier molecular flexibility index (Phi) is 3.40. The van der Waals surface area contributed by atoms with Crippen molar-refractivity contribution in [3.05, 3.63) is 46.9 Å². The van der Waals surface area contributed by atoms with E-state index in [-0.39, 0.29) is 11.9 Å². The molecule has 3 aromatic rings. The van der Waals surface area contributed by atoms with Crippen LogP contribution in [0.5, 0.6) is 0 Å². The van der Waals surface area contributed by atoms with Gasteiger partial charge in [-0.15, -0.1) is 0 Å². The number of carbonyl (C=O) groups is 1. The predicted octanol–water partition coefficient (Wildman–Crippen LogP) is 2.89. The molecule has 0 unspecified atom stereocenters. The van der Waals surface area contributed by atoms with Crippen molar-refractivity contribution in [1.82, 2.24) is 24.9 Å². The first kappa shape index (κ1) is 14.9. The van der Waals surface area contributed by atoms with Crippen molar-refractivity contribution < 1.29 is 4.79 Å². The normalized spacial score (nSPS) is 17.8. The molecule has 1 N–H and O–H groups in total. The van der Waals surface area contributed by atoms with E-state index in [2.05, 4.69) is 22.2 Å². The third-order valence-electron chi connectivity index (χ3n) is 5.08. The molecule has 0 aliphatic carbocycles. The topological polar surface area (TPSA) is 66.8 Å². The van der Waals surface area contributed by atoms with Crippen LogP contribution in [0.1, 0.15) is 46.3 Å². The first-order valence-electron chi connectivity index (χ1n) is 8.32. The molecule has 24 heavy (non-hydrogen) atoms. The monoisotopic (exact) mass is 323 g/mol. The quantitative estimate of drug-likeness (QED) is 0.788. The lowest BCUT2D eigenvalue weighted by molar-refractivity contribution is 0.0731. The molecule has 6 nitrogen and oxygen atoms in total. The third kappa shape index (κ3) is 2.13. The first-order chi connectivity index (χ1) is 11.6. The molecule has 3 heterocycles. The van der Waals surface area contributed by atoms with Crippen LogP contribution < -0.4 is 0 Å². The van der Waals surface area contributed by atoms with Crippen LogP contribution in [0.3, 0.4) is 0 Å². The molecule has 0 bridgehead atoms. The standard InChI is InChI=1S/C18H21N5O/c1-11-16(12(2)22(3)21-11)15-9-6-10-23(15)18(24)17-13-7-4-5-8-14(13)19-20-17/h4-5,7-8,15H,6,9-10H2,1-3H3,(H,19,20)/t15-/m1/s1. The fraction of sp³-hybridized carbons (Fsp3) is 0.389. The van der Waals surface area contributed by atoms with E-state index in [4.69, 9.17) is 0 Å². The number of aromatic amines is 1. The minimum absolute atomic E-state index is 0.00222. The molecule has 1 aliphatic heterocycles. The van der Waals surface area contributed by atoms with Crippen molar-refractivity contribution in [2.45, 2.75) is 32.7 Å². The molecular weight excluding hydrogens is 302 g/mol. The van der Waals surface area contributed by atoms with Crippen LogP contribution in [0.15, 0.2) is 24.3 Å². The Labute approximate surface area is 140 Å². The lowest BCUT2D eigenvalue weighted by Gasteiger charge is -2.24. The lowest BCUT2D eigenvalue weighted by Crippen LogP contribution is -2.31. The fourth-order valence-corrected chi connectivity index (χ4v) is 3.84. The lowest BCUT2D eigenvalue weighted by atomic mass is 10.0. The number of hydrogen-bond acceptors (Lipinski definition) is 3. The van der Waals surface area contributed by atoms with Crippen molar-refractivity contribution in [2.75, 3.05) is 6.54 Å². The second kappa shape index (κ2) is 5.47. The van der Waals surface area contributed by atoms with E-state index in [1.807, 2.05) is 47.8 Å². The Morgan fingerprint density at radius 2 is 2.08 bits per heavy atom. The number of carbonyl (C=O) groups excluding carboxylic acids is 1. The molecule has 1 fully saturated rings. The molecule has 1 saturated heterocycles. The third-order valence-corrected chi connectivity index (χ3v) is 5.08. The number of likely N-dealkylation sites (tertiary alicyclic amines) is 1. The Hall–Kier alpha value is -2.63. The van der Waals surface area contributed by atoms with Crippen LogP contribution in [-0.4, -0.2) is 37.3 Å². The molecule has 1 aliphatic rings. The van der Waals surface area contributed by atoms with Crippen LogP contribution in [0, 0.1) is 13.8 Å². The number of benzene rings is 1. The zero-order valence-electron chi connectivity index (χ0n) is 14.2. The Morgan fingerprint density at radius 3 is 2.83 bits per heavy atom. The molecule has 0 spiro atoms. The summed E-state index contributed by atoms with van der Waals surface area (Å²) in [6.07, 6.45) is 1.98. The van der Waals surface area contributed by atoms with Crippen molar-refractivity contribution in [3.63, 3.8) is 0 Å². The Bertz CT molecular complexity index is 923. The summed E-state index contributed by atoms with van der Waals surface area (Å²) in [5, 5.41) is 12.6.